The van der Waals surface area contributed by atoms with Crippen LogP contribution < -0.4 is 21.7 Å². The molecule has 0 aliphatic carbocycles. The van der Waals surface area contributed by atoms with Crippen molar-refractivity contribution in [3.63, 3.8) is 0 Å². The Labute approximate surface area is 187 Å². The third-order valence-corrected chi connectivity index (χ3v) is 5.12. The first-order chi connectivity index (χ1) is 14.7. The van der Waals surface area contributed by atoms with E-state index in [4.69, 9.17) is 10.8 Å². The number of carboxylic acid groups (broad SMARTS) is 2. The van der Waals surface area contributed by atoms with Gasteiger partial charge in [-0.15, -0.1) is 0 Å². The number of aliphatic carboxylic acids is 2. The number of carbonyl (C=O) groups excluding carboxylic acids is 3. The fourth-order valence-corrected chi connectivity index (χ4v) is 2.74. The van der Waals surface area contributed by atoms with E-state index in [-0.39, 0.29) is 12.3 Å². The van der Waals surface area contributed by atoms with Crippen molar-refractivity contribution in [2.75, 3.05) is 0 Å². The van der Waals surface area contributed by atoms with Crippen LogP contribution in [0.15, 0.2) is 0 Å². The molecule has 12 heteroatoms. The Morgan fingerprint density at radius 1 is 0.844 bits per heavy atom. The molecular formula is C20H36N4O8. The summed E-state index contributed by atoms with van der Waals surface area (Å²) in [6.07, 6.45) is -1.44. The molecule has 0 spiro atoms. The minimum Gasteiger partial charge on any atom is -0.481 e. The molecular weight excluding hydrogens is 424 g/mol. The van der Waals surface area contributed by atoms with Gasteiger partial charge in [0.05, 0.1) is 6.10 Å². The van der Waals surface area contributed by atoms with Crippen molar-refractivity contribution < 1.29 is 39.3 Å². The zero-order valence-corrected chi connectivity index (χ0v) is 19.1. The maximum Gasteiger partial charge on any atom is 0.326 e. The molecule has 0 aromatic heterocycles. The molecule has 0 aromatic carbocycles. The number of carbonyl (C=O) groups is 5. The number of nitrogens with one attached hydrogen (secondary N) is 3. The highest BCUT2D eigenvalue weighted by Gasteiger charge is 2.34. The first kappa shape index (κ1) is 29.3. The summed E-state index contributed by atoms with van der Waals surface area (Å²) in [4.78, 5) is 60.0. The van der Waals surface area contributed by atoms with Crippen molar-refractivity contribution in [1.82, 2.24) is 16.0 Å². The number of aliphatic hydroxyl groups is 1. The van der Waals surface area contributed by atoms with Crippen molar-refractivity contribution in [2.24, 2.45) is 17.6 Å². The Morgan fingerprint density at radius 2 is 1.34 bits per heavy atom. The largest absolute Gasteiger partial charge is 0.481 e. The molecule has 0 heterocycles. The van der Waals surface area contributed by atoms with Crippen LogP contribution in [0.5, 0.6) is 0 Å². The fourth-order valence-electron chi connectivity index (χ4n) is 2.74. The number of hydrogen-bond donors (Lipinski definition) is 7. The van der Waals surface area contributed by atoms with Gasteiger partial charge in [-0.2, -0.15) is 0 Å². The normalized spacial score (nSPS) is 16.8. The van der Waals surface area contributed by atoms with Crippen LogP contribution in [0.4, 0.5) is 0 Å². The molecule has 0 rings (SSSR count). The molecule has 184 valence electrons. The molecule has 3 amide bonds. The summed E-state index contributed by atoms with van der Waals surface area (Å²) in [5.41, 5.74) is 5.61. The van der Waals surface area contributed by atoms with Gasteiger partial charge >= 0.3 is 11.9 Å². The van der Waals surface area contributed by atoms with E-state index in [2.05, 4.69) is 16.0 Å². The number of aliphatic hydroxyl groups excluding tert-OH is 1. The fraction of sp³-hybridized carbons (Fsp3) is 0.750. The van der Waals surface area contributed by atoms with Crippen LogP contribution in [-0.4, -0.2) is 75.3 Å². The molecule has 6 atom stereocenters. The number of carboxylic acids is 2. The number of rotatable bonds is 14. The maximum atomic E-state index is 12.9. The second kappa shape index (κ2) is 13.6. The summed E-state index contributed by atoms with van der Waals surface area (Å²) >= 11 is 0. The van der Waals surface area contributed by atoms with Gasteiger partial charge in [-0.3, -0.25) is 19.2 Å². The van der Waals surface area contributed by atoms with E-state index >= 15 is 0 Å². The second-order valence-electron chi connectivity index (χ2n) is 8.20. The first-order valence-corrected chi connectivity index (χ1v) is 10.5. The molecule has 0 radical (unpaired) electrons. The molecule has 0 aliphatic heterocycles. The van der Waals surface area contributed by atoms with Crippen molar-refractivity contribution >= 4 is 29.7 Å². The number of nitrogens with two attached hydrogens (primary N) is 1. The van der Waals surface area contributed by atoms with Crippen LogP contribution in [0.2, 0.25) is 0 Å². The second-order valence-corrected chi connectivity index (χ2v) is 8.20. The monoisotopic (exact) mass is 460 g/mol. The summed E-state index contributed by atoms with van der Waals surface area (Å²) in [6.45, 7) is 8.14. The van der Waals surface area contributed by atoms with E-state index in [1.165, 1.54) is 6.92 Å². The average molecular weight is 461 g/mol. The molecule has 32 heavy (non-hydrogen) atoms. The van der Waals surface area contributed by atoms with E-state index in [1.807, 2.05) is 0 Å². The van der Waals surface area contributed by atoms with Gasteiger partial charge in [-0.1, -0.05) is 34.1 Å². The molecule has 6 unspecified atom stereocenters. The molecule has 0 aromatic rings. The van der Waals surface area contributed by atoms with Crippen molar-refractivity contribution in [3.8, 4) is 0 Å². The quantitative estimate of drug-likeness (QED) is 0.166. The molecule has 0 aliphatic rings. The number of amides is 3. The van der Waals surface area contributed by atoms with Crippen LogP contribution in [0.1, 0.15) is 53.9 Å². The van der Waals surface area contributed by atoms with Crippen LogP contribution in [-0.2, 0) is 24.0 Å². The van der Waals surface area contributed by atoms with Gasteiger partial charge in [0.2, 0.25) is 17.7 Å². The van der Waals surface area contributed by atoms with Crippen molar-refractivity contribution in [2.45, 2.75) is 84.2 Å². The highest BCUT2D eigenvalue weighted by atomic mass is 16.4. The SMILES string of the molecule is CCC(C)C(NC(=O)C(NC(=O)C(N)C(C)O)C(C)C)C(=O)NC(CCC(=O)O)C(=O)O. The lowest BCUT2D eigenvalue weighted by Crippen LogP contribution is -2.60. The number of hydrogen-bond acceptors (Lipinski definition) is 7. The Bertz CT molecular complexity index is 683. The van der Waals surface area contributed by atoms with Gasteiger partial charge in [-0.25, -0.2) is 4.79 Å². The maximum absolute atomic E-state index is 12.9. The van der Waals surface area contributed by atoms with Crippen LogP contribution in [0.3, 0.4) is 0 Å². The highest BCUT2D eigenvalue weighted by molar-refractivity contribution is 5.94. The van der Waals surface area contributed by atoms with Crippen LogP contribution in [0, 0.1) is 11.8 Å². The summed E-state index contributed by atoms with van der Waals surface area (Å²) < 4.78 is 0. The molecule has 0 saturated carbocycles. The molecule has 0 saturated heterocycles. The van der Waals surface area contributed by atoms with Gasteiger partial charge in [0.25, 0.3) is 0 Å². The minimum atomic E-state index is -1.44. The summed E-state index contributed by atoms with van der Waals surface area (Å²) in [6, 6.07) is -4.87. The molecule has 8 N–H and O–H groups in total. The van der Waals surface area contributed by atoms with Crippen LogP contribution in [0.25, 0.3) is 0 Å². The van der Waals surface area contributed by atoms with Gasteiger partial charge in [-0.05, 0) is 25.2 Å². The summed E-state index contributed by atoms with van der Waals surface area (Å²) in [5.74, 6) is -5.57. The van der Waals surface area contributed by atoms with Gasteiger partial charge in [0.15, 0.2) is 0 Å². The third kappa shape index (κ3) is 9.60. The molecule has 0 fully saturated rings. The van der Waals surface area contributed by atoms with Gasteiger partial charge < -0.3 is 37.0 Å². The van der Waals surface area contributed by atoms with Gasteiger partial charge in [0, 0.05) is 6.42 Å². The molecule has 0 bridgehead atoms. The van der Waals surface area contributed by atoms with Crippen molar-refractivity contribution in [3.05, 3.63) is 0 Å². The predicted molar refractivity (Wildman–Crippen MR) is 114 cm³/mol. The summed E-state index contributed by atoms with van der Waals surface area (Å²) in [5, 5.41) is 34.8. The van der Waals surface area contributed by atoms with Gasteiger partial charge in [0.1, 0.15) is 24.2 Å². The average Bonchev–Trinajstić information content (AvgIpc) is 2.70. The summed E-state index contributed by atoms with van der Waals surface area (Å²) in [7, 11) is 0. The van der Waals surface area contributed by atoms with Crippen molar-refractivity contribution in [1.29, 1.82) is 0 Å². The zero-order valence-electron chi connectivity index (χ0n) is 19.1. The van der Waals surface area contributed by atoms with E-state index in [0.717, 1.165) is 0 Å². The lowest BCUT2D eigenvalue weighted by molar-refractivity contribution is -0.143. The Kier molecular flexibility index (Phi) is 12.5. The lowest BCUT2D eigenvalue weighted by atomic mass is 9.95. The standard InChI is InChI=1S/C20H36N4O8/c1-6-10(4)16(19(30)22-12(20(31)32)7-8-13(26)27)24-18(29)15(9(2)3)23-17(28)14(21)11(5)25/h9-12,14-16,25H,6-8,21H2,1-5H3,(H,22,30)(H,23,28)(H,24,29)(H,26,27)(H,31,32). The Balaban J connectivity index is 5.50. The van der Waals surface area contributed by atoms with E-state index in [9.17, 15) is 34.2 Å². The van der Waals surface area contributed by atoms with E-state index in [0.29, 0.717) is 6.42 Å². The smallest absolute Gasteiger partial charge is 0.326 e. The van der Waals surface area contributed by atoms with E-state index < -0.39 is 72.3 Å². The minimum absolute atomic E-state index is 0.320. The van der Waals surface area contributed by atoms with E-state index in [1.54, 1.807) is 27.7 Å². The lowest BCUT2D eigenvalue weighted by Gasteiger charge is -2.29. The Hall–Kier alpha value is -2.73. The molecule has 12 nitrogen and oxygen atoms in total. The first-order valence-electron chi connectivity index (χ1n) is 10.5. The predicted octanol–water partition coefficient (Wildman–Crippen LogP) is -1.20. The topological polar surface area (TPSA) is 208 Å². The third-order valence-electron chi connectivity index (χ3n) is 5.12. The van der Waals surface area contributed by atoms with Crippen LogP contribution >= 0.6 is 0 Å². The zero-order chi connectivity index (χ0) is 25.2. The highest BCUT2D eigenvalue weighted by Crippen LogP contribution is 2.11. The Morgan fingerprint density at radius 3 is 1.75 bits per heavy atom.